The summed E-state index contributed by atoms with van der Waals surface area (Å²) in [5.74, 6) is -0.565. The minimum absolute atomic E-state index is 0.175. The summed E-state index contributed by atoms with van der Waals surface area (Å²) in [6, 6.07) is -0.695. The molecule has 5 heteroatoms. The van der Waals surface area contributed by atoms with Crippen molar-refractivity contribution in [2.45, 2.75) is 96.1 Å². The van der Waals surface area contributed by atoms with E-state index in [-0.39, 0.29) is 12.5 Å². The molecule has 0 radical (unpaired) electrons. The third kappa shape index (κ3) is 15.4. The summed E-state index contributed by atoms with van der Waals surface area (Å²) >= 11 is 5.40. The second kappa shape index (κ2) is 18.2. The second-order valence-corrected chi connectivity index (χ2v) is 7.00. The van der Waals surface area contributed by atoms with E-state index in [1.54, 1.807) is 6.08 Å². The highest BCUT2D eigenvalue weighted by Gasteiger charge is 2.17. The van der Waals surface area contributed by atoms with E-state index in [4.69, 9.17) is 11.6 Å². The Morgan fingerprint density at radius 1 is 1.00 bits per heavy atom. The van der Waals surface area contributed by atoms with E-state index in [9.17, 15) is 15.0 Å². The summed E-state index contributed by atoms with van der Waals surface area (Å²) in [5, 5.41) is 21.6. The van der Waals surface area contributed by atoms with Crippen LogP contribution < -0.4 is 5.32 Å². The van der Waals surface area contributed by atoms with Crippen molar-refractivity contribution in [2.75, 3.05) is 12.5 Å². The first kappa shape index (κ1) is 24.4. The number of alkyl halides is 1. The van der Waals surface area contributed by atoms with Crippen LogP contribution in [0.2, 0.25) is 0 Å². The van der Waals surface area contributed by atoms with Crippen molar-refractivity contribution in [1.82, 2.24) is 5.32 Å². The summed E-state index contributed by atoms with van der Waals surface area (Å²) in [4.78, 5) is 11.2. The molecule has 0 aliphatic rings. The van der Waals surface area contributed by atoms with Gasteiger partial charge in [0.15, 0.2) is 0 Å². The van der Waals surface area contributed by atoms with E-state index in [0.29, 0.717) is 0 Å². The van der Waals surface area contributed by atoms with Crippen LogP contribution in [0.5, 0.6) is 0 Å². The van der Waals surface area contributed by atoms with Crippen molar-refractivity contribution in [3.63, 3.8) is 0 Å². The maximum Gasteiger partial charge on any atom is 0.235 e. The molecule has 0 aliphatic heterocycles. The number of carbonyl (C=O) groups excluding carboxylic acids is 1. The standard InChI is InChI=1S/C20H38ClNO3/c1-2-3-4-5-6-7-8-9-10-11-12-13-14-15-19(24)18(17-23)22-20(25)16-21/h14-15,18-19,23-24H,2-13,16-17H2,1H3,(H,22,25)/b15-14+/t18-,19+/m0/s1. The molecule has 0 heterocycles. The molecular formula is C20H38ClNO3. The fourth-order valence-corrected chi connectivity index (χ4v) is 2.86. The van der Waals surface area contributed by atoms with Gasteiger partial charge in [-0.15, -0.1) is 11.6 Å². The van der Waals surface area contributed by atoms with Crippen molar-refractivity contribution >= 4 is 17.5 Å². The van der Waals surface area contributed by atoms with Gasteiger partial charge in [-0.1, -0.05) is 83.3 Å². The predicted molar refractivity (Wildman–Crippen MR) is 106 cm³/mol. The van der Waals surface area contributed by atoms with Crippen LogP contribution in [0.15, 0.2) is 12.2 Å². The maximum atomic E-state index is 11.2. The molecule has 148 valence electrons. The number of hydrogen-bond acceptors (Lipinski definition) is 3. The summed E-state index contributed by atoms with van der Waals surface area (Å²) in [5.41, 5.74) is 0. The van der Waals surface area contributed by atoms with E-state index < -0.39 is 18.1 Å². The molecule has 3 N–H and O–H groups in total. The minimum Gasteiger partial charge on any atom is -0.394 e. The van der Waals surface area contributed by atoms with Crippen molar-refractivity contribution in [1.29, 1.82) is 0 Å². The summed E-state index contributed by atoms with van der Waals surface area (Å²) in [7, 11) is 0. The number of rotatable bonds is 17. The topological polar surface area (TPSA) is 69.6 Å². The third-order valence-corrected chi connectivity index (χ3v) is 4.63. The van der Waals surface area contributed by atoms with Gasteiger partial charge in [0.2, 0.25) is 5.91 Å². The SMILES string of the molecule is CCCCCCCCCCCCC/C=C/[C@@H](O)[C@H](CO)NC(=O)CCl. The number of unbranched alkanes of at least 4 members (excludes halogenated alkanes) is 11. The Morgan fingerprint density at radius 2 is 1.52 bits per heavy atom. The largest absolute Gasteiger partial charge is 0.394 e. The van der Waals surface area contributed by atoms with Crippen LogP contribution in [0.1, 0.15) is 84.0 Å². The number of hydrogen-bond donors (Lipinski definition) is 3. The van der Waals surface area contributed by atoms with Crippen LogP contribution in [0.4, 0.5) is 0 Å². The van der Waals surface area contributed by atoms with E-state index >= 15 is 0 Å². The Balaban J connectivity index is 3.54. The molecule has 25 heavy (non-hydrogen) atoms. The Bertz CT molecular complexity index is 337. The first-order valence-corrected chi connectivity index (χ1v) is 10.5. The number of nitrogens with one attached hydrogen (secondary N) is 1. The first-order valence-electron chi connectivity index (χ1n) is 9.96. The van der Waals surface area contributed by atoms with Crippen LogP contribution in [0, 0.1) is 0 Å². The van der Waals surface area contributed by atoms with Gasteiger partial charge in [-0.3, -0.25) is 4.79 Å². The van der Waals surface area contributed by atoms with E-state index in [0.717, 1.165) is 12.8 Å². The lowest BCUT2D eigenvalue weighted by Crippen LogP contribution is -2.45. The number of aliphatic hydroxyl groups is 2. The van der Waals surface area contributed by atoms with Gasteiger partial charge in [-0.25, -0.2) is 0 Å². The number of carbonyl (C=O) groups is 1. The van der Waals surface area contributed by atoms with Crippen LogP contribution in [-0.4, -0.2) is 40.8 Å². The van der Waals surface area contributed by atoms with Gasteiger partial charge in [-0.05, 0) is 12.8 Å². The molecule has 4 nitrogen and oxygen atoms in total. The van der Waals surface area contributed by atoms with Crippen molar-refractivity contribution in [2.24, 2.45) is 0 Å². The van der Waals surface area contributed by atoms with Crippen LogP contribution >= 0.6 is 11.6 Å². The van der Waals surface area contributed by atoms with Crippen molar-refractivity contribution < 1.29 is 15.0 Å². The van der Waals surface area contributed by atoms with Gasteiger partial charge in [0, 0.05) is 0 Å². The molecule has 0 aromatic rings. The van der Waals surface area contributed by atoms with Gasteiger partial charge in [0.25, 0.3) is 0 Å². The van der Waals surface area contributed by atoms with Crippen LogP contribution in [-0.2, 0) is 4.79 Å². The second-order valence-electron chi connectivity index (χ2n) is 6.73. The third-order valence-electron chi connectivity index (χ3n) is 4.38. The number of halogens is 1. The summed E-state index contributed by atoms with van der Waals surface area (Å²) < 4.78 is 0. The zero-order valence-corrected chi connectivity index (χ0v) is 16.6. The van der Waals surface area contributed by atoms with Crippen LogP contribution in [0.25, 0.3) is 0 Å². The molecule has 0 aromatic carbocycles. The smallest absolute Gasteiger partial charge is 0.235 e. The zero-order chi connectivity index (χ0) is 18.8. The predicted octanol–water partition coefficient (Wildman–Crippen LogP) is 4.32. The molecule has 2 atom stereocenters. The highest BCUT2D eigenvalue weighted by molar-refractivity contribution is 6.27. The van der Waals surface area contributed by atoms with Gasteiger partial charge in [0.05, 0.1) is 18.8 Å². The fraction of sp³-hybridized carbons (Fsp3) is 0.850. The lowest BCUT2D eigenvalue weighted by atomic mass is 10.0. The maximum absolute atomic E-state index is 11.2. The molecule has 0 aliphatic carbocycles. The molecule has 0 saturated carbocycles. The molecule has 0 rings (SSSR count). The Hall–Kier alpha value is -0.580. The molecular weight excluding hydrogens is 338 g/mol. The van der Waals surface area contributed by atoms with Crippen molar-refractivity contribution in [3.05, 3.63) is 12.2 Å². The highest BCUT2D eigenvalue weighted by Crippen LogP contribution is 2.12. The Labute approximate surface area is 159 Å². The fourth-order valence-electron chi connectivity index (χ4n) is 2.78. The summed E-state index contributed by atoms with van der Waals surface area (Å²) in [6.45, 7) is 1.94. The lowest BCUT2D eigenvalue weighted by molar-refractivity contribution is -0.120. The number of aliphatic hydroxyl groups excluding tert-OH is 2. The van der Waals surface area contributed by atoms with E-state index in [1.165, 1.54) is 64.2 Å². The van der Waals surface area contributed by atoms with Crippen molar-refractivity contribution in [3.8, 4) is 0 Å². The average Bonchev–Trinajstić information content (AvgIpc) is 2.63. The molecule has 0 saturated heterocycles. The van der Waals surface area contributed by atoms with Gasteiger partial charge >= 0.3 is 0 Å². The average molecular weight is 376 g/mol. The molecule has 0 bridgehead atoms. The van der Waals surface area contributed by atoms with Gasteiger partial charge in [-0.2, -0.15) is 0 Å². The molecule has 0 unspecified atom stereocenters. The summed E-state index contributed by atoms with van der Waals surface area (Å²) in [6.07, 6.45) is 18.1. The van der Waals surface area contributed by atoms with Gasteiger partial charge < -0.3 is 15.5 Å². The quantitative estimate of drug-likeness (QED) is 0.201. The molecule has 0 fully saturated rings. The highest BCUT2D eigenvalue weighted by atomic mass is 35.5. The van der Waals surface area contributed by atoms with Crippen LogP contribution in [0.3, 0.4) is 0 Å². The first-order chi connectivity index (χ1) is 12.2. The molecule has 0 spiro atoms. The zero-order valence-electron chi connectivity index (χ0n) is 15.9. The van der Waals surface area contributed by atoms with Gasteiger partial charge in [0.1, 0.15) is 5.88 Å². The lowest BCUT2D eigenvalue weighted by Gasteiger charge is -2.19. The number of amides is 1. The molecule has 0 aromatic heterocycles. The number of allylic oxidation sites excluding steroid dienone is 1. The Morgan fingerprint density at radius 3 is 2.00 bits per heavy atom. The normalized spacial score (nSPS) is 13.9. The van der Waals surface area contributed by atoms with E-state index in [1.807, 2.05) is 6.08 Å². The minimum atomic E-state index is -0.884. The Kier molecular flexibility index (Phi) is 17.8. The molecule has 1 amide bonds. The monoisotopic (exact) mass is 375 g/mol. The van der Waals surface area contributed by atoms with E-state index in [2.05, 4.69) is 12.2 Å².